The lowest BCUT2D eigenvalue weighted by atomic mass is 9.72. The predicted molar refractivity (Wildman–Crippen MR) is 58.3 cm³/mol. The van der Waals surface area contributed by atoms with E-state index in [4.69, 9.17) is 0 Å². The Balaban J connectivity index is 1.63. The number of rotatable bonds is 2. The minimum Gasteiger partial charge on any atom is -0.316 e. The molecule has 1 aliphatic heterocycles. The summed E-state index contributed by atoms with van der Waals surface area (Å²) in [4.78, 5) is 0. The van der Waals surface area contributed by atoms with Crippen molar-refractivity contribution in [2.75, 3.05) is 13.1 Å². The van der Waals surface area contributed by atoms with Crippen molar-refractivity contribution in [3.63, 3.8) is 0 Å². The molecule has 2 aliphatic carbocycles. The summed E-state index contributed by atoms with van der Waals surface area (Å²) in [6, 6.07) is 1.76. The molecule has 0 bridgehead atoms. The Morgan fingerprint density at radius 1 is 1.00 bits per heavy atom. The van der Waals surface area contributed by atoms with Crippen LogP contribution in [0.15, 0.2) is 0 Å². The molecule has 2 nitrogen and oxygen atoms in total. The summed E-state index contributed by atoms with van der Waals surface area (Å²) >= 11 is 0. The molecule has 3 fully saturated rings. The molecule has 0 aromatic heterocycles. The van der Waals surface area contributed by atoms with Crippen LogP contribution in [-0.2, 0) is 0 Å². The van der Waals surface area contributed by atoms with Gasteiger partial charge < -0.3 is 10.6 Å². The second-order valence-electron chi connectivity index (χ2n) is 5.40. The van der Waals surface area contributed by atoms with Gasteiger partial charge in [-0.3, -0.25) is 0 Å². The Labute approximate surface area is 86.8 Å². The third-order valence-corrected chi connectivity index (χ3v) is 4.30. The standard InChI is InChI=1S/C12H22N2/c1-2-9-8-13-7-6-11(9)12(3-1)14-10-4-5-10/h9-14H,1-8H2. The van der Waals surface area contributed by atoms with Gasteiger partial charge in [-0.25, -0.2) is 0 Å². The van der Waals surface area contributed by atoms with E-state index in [0.29, 0.717) is 0 Å². The van der Waals surface area contributed by atoms with E-state index >= 15 is 0 Å². The van der Waals surface area contributed by atoms with Gasteiger partial charge >= 0.3 is 0 Å². The molecule has 1 saturated heterocycles. The van der Waals surface area contributed by atoms with E-state index in [9.17, 15) is 0 Å². The van der Waals surface area contributed by atoms with E-state index in [-0.39, 0.29) is 0 Å². The molecule has 3 rings (SSSR count). The number of nitrogens with one attached hydrogen (secondary N) is 2. The van der Waals surface area contributed by atoms with Crippen LogP contribution in [0.25, 0.3) is 0 Å². The van der Waals surface area contributed by atoms with Crippen LogP contribution in [0, 0.1) is 11.8 Å². The van der Waals surface area contributed by atoms with Crippen molar-refractivity contribution < 1.29 is 0 Å². The van der Waals surface area contributed by atoms with Crippen molar-refractivity contribution in [3.05, 3.63) is 0 Å². The van der Waals surface area contributed by atoms with Crippen molar-refractivity contribution in [2.45, 2.75) is 50.6 Å². The molecule has 2 N–H and O–H groups in total. The molecule has 0 spiro atoms. The smallest absolute Gasteiger partial charge is 0.0101 e. The number of fused-ring (bicyclic) bond motifs is 1. The maximum atomic E-state index is 3.86. The van der Waals surface area contributed by atoms with Crippen molar-refractivity contribution in [1.82, 2.24) is 10.6 Å². The zero-order valence-corrected chi connectivity index (χ0v) is 8.97. The van der Waals surface area contributed by atoms with E-state index in [1.807, 2.05) is 0 Å². The lowest BCUT2D eigenvalue weighted by Crippen LogP contribution is -2.50. The van der Waals surface area contributed by atoms with Crippen molar-refractivity contribution in [3.8, 4) is 0 Å². The maximum absolute atomic E-state index is 3.86. The van der Waals surface area contributed by atoms with Crippen molar-refractivity contribution in [2.24, 2.45) is 11.8 Å². The van der Waals surface area contributed by atoms with Crippen LogP contribution in [0.4, 0.5) is 0 Å². The number of hydrogen-bond donors (Lipinski definition) is 2. The molecule has 0 amide bonds. The first kappa shape index (κ1) is 9.17. The highest BCUT2D eigenvalue weighted by Crippen LogP contribution is 2.35. The monoisotopic (exact) mass is 194 g/mol. The van der Waals surface area contributed by atoms with Crippen LogP contribution >= 0.6 is 0 Å². The highest BCUT2D eigenvalue weighted by Gasteiger charge is 2.37. The maximum Gasteiger partial charge on any atom is 0.0101 e. The van der Waals surface area contributed by atoms with Gasteiger partial charge in [0.1, 0.15) is 0 Å². The molecule has 3 aliphatic rings. The Kier molecular flexibility index (Phi) is 2.50. The lowest BCUT2D eigenvalue weighted by molar-refractivity contribution is 0.137. The average Bonchev–Trinajstić information content (AvgIpc) is 3.03. The molecular weight excluding hydrogens is 172 g/mol. The number of hydrogen-bond acceptors (Lipinski definition) is 2. The van der Waals surface area contributed by atoms with Crippen LogP contribution in [0.5, 0.6) is 0 Å². The quantitative estimate of drug-likeness (QED) is 0.696. The van der Waals surface area contributed by atoms with E-state index in [1.165, 1.54) is 51.6 Å². The third kappa shape index (κ3) is 1.82. The van der Waals surface area contributed by atoms with Gasteiger partial charge in [0.25, 0.3) is 0 Å². The van der Waals surface area contributed by atoms with Crippen LogP contribution in [0.1, 0.15) is 38.5 Å². The van der Waals surface area contributed by atoms with Crippen LogP contribution < -0.4 is 10.6 Å². The summed E-state index contributed by atoms with van der Waals surface area (Å²) in [5.74, 6) is 1.97. The Morgan fingerprint density at radius 2 is 1.93 bits per heavy atom. The molecule has 0 aromatic carbocycles. The summed E-state index contributed by atoms with van der Waals surface area (Å²) < 4.78 is 0. The summed E-state index contributed by atoms with van der Waals surface area (Å²) in [5, 5.41) is 7.41. The normalized spacial score (nSPS) is 43.3. The first-order valence-corrected chi connectivity index (χ1v) is 6.40. The van der Waals surface area contributed by atoms with Crippen molar-refractivity contribution in [1.29, 1.82) is 0 Å². The first-order valence-electron chi connectivity index (χ1n) is 6.40. The molecule has 80 valence electrons. The minimum absolute atomic E-state index is 0.864. The second kappa shape index (κ2) is 3.82. The Morgan fingerprint density at radius 3 is 2.79 bits per heavy atom. The van der Waals surface area contributed by atoms with Crippen LogP contribution in [-0.4, -0.2) is 25.2 Å². The van der Waals surface area contributed by atoms with Gasteiger partial charge in [-0.15, -0.1) is 0 Å². The topological polar surface area (TPSA) is 24.1 Å². The van der Waals surface area contributed by atoms with Crippen molar-refractivity contribution >= 4 is 0 Å². The minimum atomic E-state index is 0.864. The van der Waals surface area contributed by atoms with E-state index < -0.39 is 0 Å². The highest BCUT2D eigenvalue weighted by molar-refractivity contribution is 4.94. The Hall–Kier alpha value is -0.0800. The second-order valence-corrected chi connectivity index (χ2v) is 5.40. The molecule has 0 aromatic rings. The average molecular weight is 194 g/mol. The highest BCUT2D eigenvalue weighted by atomic mass is 15.0. The molecule has 3 atom stereocenters. The molecule has 14 heavy (non-hydrogen) atoms. The molecule has 1 heterocycles. The first-order chi connectivity index (χ1) is 6.93. The zero-order chi connectivity index (χ0) is 9.38. The SMILES string of the molecule is C1CC2CNCCC2C(NC2CC2)C1. The summed E-state index contributed by atoms with van der Waals surface area (Å²) in [7, 11) is 0. The summed E-state index contributed by atoms with van der Waals surface area (Å²) in [5.41, 5.74) is 0. The summed E-state index contributed by atoms with van der Waals surface area (Å²) in [6.07, 6.45) is 8.65. The van der Waals surface area contributed by atoms with Gasteiger partial charge in [0.15, 0.2) is 0 Å². The van der Waals surface area contributed by atoms with E-state index in [1.54, 1.807) is 0 Å². The van der Waals surface area contributed by atoms with E-state index in [2.05, 4.69) is 10.6 Å². The largest absolute Gasteiger partial charge is 0.316 e. The van der Waals surface area contributed by atoms with Gasteiger partial charge in [0.05, 0.1) is 0 Å². The molecule has 3 unspecified atom stereocenters. The third-order valence-electron chi connectivity index (χ3n) is 4.30. The number of piperidine rings is 1. The van der Waals surface area contributed by atoms with Gasteiger partial charge in [-0.1, -0.05) is 6.42 Å². The molecule has 2 saturated carbocycles. The van der Waals surface area contributed by atoms with Gasteiger partial charge in [0.2, 0.25) is 0 Å². The van der Waals surface area contributed by atoms with Crippen LogP contribution in [0.3, 0.4) is 0 Å². The molecule has 2 heteroatoms. The fraction of sp³-hybridized carbons (Fsp3) is 1.00. The van der Waals surface area contributed by atoms with Gasteiger partial charge in [-0.05, 0) is 57.0 Å². The Bertz CT molecular complexity index is 198. The van der Waals surface area contributed by atoms with Gasteiger partial charge in [0, 0.05) is 12.1 Å². The predicted octanol–water partition coefficient (Wildman–Crippen LogP) is 1.52. The zero-order valence-electron chi connectivity index (χ0n) is 8.97. The summed E-state index contributed by atoms with van der Waals surface area (Å²) in [6.45, 7) is 2.54. The lowest BCUT2D eigenvalue weighted by Gasteiger charge is -2.42. The fourth-order valence-electron chi connectivity index (χ4n) is 3.36. The molecule has 0 radical (unpaired) electrons. The fourth-order valence-corrected chi connectivity index (χ4v) is 3.36. The molecular formula is C12H22N2. The van der Waals surface area contributed by atoms with E-state index in [0.717, 1.165) is 23.9 Å². The van der Waals surface area contributed by atoms with Crippen LogP contribution in [0.2, 0.25) is 0 Å². The van der Waals surface area contributed by atoms with Gasteiger partial charge in [-0.2, -0.15) is 0 Å².